The van der Waals surface area contributed by atoms with Crippen LogP contribution in [0.1, 0.15) is 19.3 Å². The quantitative estimate of drug-likeness (QED) is 0.589. The van der Waals surface area contributed by atoms with Gasteiger partial charge in [-0.2, -0.15) is 0 Å². The molecule has 17 heavy (non-hydrogen) atoms. The number of nitrogens with zero attached hydrogens (tertiary/aromatic N) is 1. The molecule has 1 unspecified atom stereocenters. The third-order valence-corrected chi connectivity index (χ3v) is 4.14. The molecule has 1 spiro atoms. The molecule has 1 saturated carbocycles. The maximum Gasteiger partial charge on any atom is 0.226 e. The summed E-state index contributed by atoms with van der Waals surface area (Å²) in [6.45, 7) is 2.61. The van der Waals surface area contributed by atoms with Crippen LogP contribution in [-0.4, -0.2) is 60.4 Å². The van der Waals surface area contributed by atoms with Crippen LogP contribution in [0.4, 0.5) is 0 Å². The molecule has 0 radical (unpaired) electrons. The summed E-state index contributed by atoms with van der Waals surface area (Å²) in [4.78, 5) is 13.8. The monoisotopic (exact) mass is 242 g/mol. The number of carbonyl (C=O) groups is 1. The number of hydrogen-bond donors (Lipinski definition) is 3. The molecule has 1 heterocycles. The molecule has 98 valence electrons. The minimum absolute atomic E-state index is 0.0347. The second kappa shape index (κ2) is 5.33. The molecule has 3 N–H and O–H groups in total. The van der Waals surface area contributed by atoms with E-state index in [9.17, 15) is 4.79 Å². The first-order chi connectivity index (χ1) is 8.23. The number of aliphatic hydroxyl groups excluding tert-OH is 2. The molecule has 1 atom stereocenters. The van der Waals surface area contributed by atoms with E-state index in [1.165, 1.54) is 0 Å². The number of hydrogen-bond acceptors (Lipinski definition) is 4. The lowest BCUT2D eigenvalue weighted by Gasteiger charge is -2.26. The Morgan fingerprint density at radius 1 is 1.24 bits per heavy atom. The topological polar surface area (TPSA) is 72.8 Å². The van der Waals surface area contributed by atoms with Crippen LogP contribution in [0.5, 0.6) is 0 Å². The highest BCUT2D eigenvalue weighted by molar-refractivity contribution is 5.82. The Labute approximate surface area is 102 Å². The van der Waals surface area contributed by atoms with Crippen molar-refractivity contribution >= 4 is 5.91 Å². The third-order valence-electron chi connectivity index (χ3n) is 4.14. The molecule has 1 aliphatic heterocycles. The van der Waals surface area contributed by atoms with Gasteiger partial charge in [0.05, 0.1) is 13.2 Å². The highest BCUT2D eigenvalue weighted by Crippen LogP contribution is 2.59. The molecule has 1 saturated heterocycles. The molecular formula is C12H22N2O3. The van der Waals surface area contributed by atoms with Crippen LogP contribution >= 0.6 is 0 Å². The number of carbonyl (C=O) groups excluding carboxylic acids is 1. The molecule has 5 nitrogen and oxygen atoms in total. The fourth-order valence-electron chi connectivity index (χ4n) is 2.97. The molecule has 0 bridgehead atoms. The van der Waals surface area contributed by atoms with Crippen LogP contribution in [-0.2, 0) is 4.79 Å². The third kappa shape index (κ3) is 2.61. The SMILES string of the molecule is O=C(C1CC12CCNCC2)N(CCO)CCO. The van der Waals surface area contributed by atoms with E-state index in [4.69, 9.17) is 10.2 Å². The standard InChI is InChI=1S/C12H22N2O3/c15-7-5-14(6-8-16)11(17)10-9-12(10)1-3-13-4-2-12/h10,13,15-16H,1-9H2. The summed E-state index contributed by atoms with van der Waals surface area (Å²) in [7, 11) is 0. The van der Waals surface area contributed by atoms with Crippen LogP contribution in [0.25, 0.3) is 0 Å². The van der Waals surface area contributed by atoms with Gasteiger partial charge in [0.2, 0.25) is 5.91 Å². The van der Waals surface area contributed by atoms with Gasteiger partial charge in [0, 0.05) is 19.0 Å². The molecule has 2 rings (SSSR count). The first-order valence-corrected chi connectivity index (χ1v) is 6.45. The molecule has 0 aromatic carbocycles. The van der Waals surface area contributed by atoms with Gasteiger partial charge in [-0.3, -0.25) is 4.79 Å². The van der Waals surface area contributed by atoms with Crippen LogP contribution in [0, 0.1) is 11.3 Å². The molecular weight excluding hydrogens is 220 g/mol. The molecule has 1 amide bonds. The van der Waals surface area contributed by atoms with Crippen LogP contribution in [0.3, 0.4) is 0 Å². The maximum absolute atomic E-state index is 12.2. The number of nitrogens with one attached hydrogen (secondary N) is 1. The zero-order chi connectivity index (χ0) is 12.3. The average molecular weight is 242 g/mol. The number of amides is 1. The summed E-state index contributed by atoms with van der Waals surface area (Å²) >= 11 is 0. The van der Waals surface area contributed by atoms with Crippen molar-refractivity contribution in [3.8, 4) is 0 Å². The van der Waals surface area contributed by atoms with Gasteiger partial charge in [-0.1, -0.05) is 0 Å². The summed E-state index contributed by atoms with van der Waals surface area (Å²) in [6, 6.07) is 0. The van der Waals surface area contributed by atoms with Gasteiger partial charge >= 0.3 is 0 Å². The van der Waals surface area contributed by atoms with E-state index in [-0.39, 0.29) is 30.5 Å². The van der Waals surface area contributed by atoms with Crippen molar-refractivity contribution in [3.63, 3.8) is 0 Å². The Kier molecular flexibility index (Phi) is 4.01. The van der Waals surface area contributed by atoms with E-state index in [2.05, 4.69) is 5.32 Å². The number of aliphatic hydroxyl groups is 2. The summed E-state index contributed by atoms with van der Waals surface area (Å²) in [6.07, 6.45) is 3.14. The van der Waals surface area contributed by atoms with Crippen molar-refractivity contribution in [1.29, 1.82) is 0 Å². The predicted octanol–water partition coefficient (Wildman–Crippen LogP) is -0.811. The summed E-state index contributed by atoms with van der Waals surface area (Å²) < 4.78 is 0. The summed E-state index contributed by atoms with van der Waals surface area (Å²) in [5.74, 6) is 0.248. The molecule has 0 aromatic rings. The molecule has 2 fully saturated rings. The zero-order valence-electron chi connectivity index (χ0n) is 10.2. The largest absolute Gasteiger partial charge is 0.395 e. The lowest BCUT2D eigenvalue weighted by Crippen LogP contribution is -2.39. The van der Waals surface area contributed by atoms with Crippen LogP contribution in [0.2, 0.25) is 0 Å². The first-order valence-electron chi connectivity index (χ1n) is 6.45. The highest BCUT2D eigenvalue weighted by atomic mass is 16.3. The van der Waals surface area contributed by atoms with Crippen LogP contribution in [0.15, 0.2) is 0 Å². The summed E-state index contributed by atoms with van der Waals surface area (Å²) in [5.41, 5.74) is 0.228. The second-order valence-electron chi connectivity index (χ2n) is 5.14. The minimum Gasteiger partial charge on any atom is -0.395 e. The van der Waals surface area contributed by atoms with Gasteiger partial charge in [0.25, 0.3) is 0 Å². The van der Waals surface area contributed by atoms with Crippen LogP contribution < -0.4 is 5.32 Å². The van der Waals surface area contributed by atoms with Gasteiger partial charge in [0.1, 0.15) is 0 Å². The zero-order valence-corrected chi connectivity index (χ0v) is 10.2. The fourth-order valence-corrected chi connectivity index (χ4v) is 2.97. The Bertz CT molecular complexity index is 271. The van der Waals surface area contributed by atoms with E-state index >= 15 is 0 Å². The van der Waals surface area contributed by atoms with E-state index in [0.717, 1.165) is 32.4 Å². The molecule has 0 aromatic heterocycles. The summed E-state index contributed by atoms with van der Waals surface area (Å²) in [5, 5.41) is 21.2. The normalized spacial score (nSPS) is 25.9. The van der Waals surface area contributed by atoms with Crippen molar-refractivity contribution in [2.24, 2.45) is 11.3 Å². The van der Waals surface area contributed by atoms with Gasteiger partial charge in [-0.25, -0.2) is 0 Å². The number of rotatable bonds is 5. The van der Waals surface area contributed by atoms with Crippen molar-refractivity contribution in [2.75, 3.05) is 39.4 Å². The minimum atomic E-state index is -0.0347. The molecule has 5 heteroatoms. The first kappa shape index (κ1) is 12.8. The smallest absolute Gasteiger partial charge is 0.226 e. The Morgan fingerprint density at radius 2 is 1.82 bits per heavy atom. The van der Waals surface area contributed by atoms with Crippen molar-refractivity contribution in [2.45, 2.75) is 19.3 Å². The Morgan fingerprint density at radius 3 is 2.35 bits per heavy atom. The lowest BCUT2D eigenvalue weighted by atomic mass is 9.91. The predicted molar refractivity (Wildman–Crippen MR) is 63.4 cm³/mol. The lowest BCUT2D eigenvalue weighted by molar-refractivity contribution is -0.134. The van der Waals surface area contributed by atoms with E-state index in [0.29, 0.717) is 13.1 Å². The Balaban J connectivity index is 1.91. The number of piperidine rings is 1. The van der Waals surface area contributed by atoms with Gasteiger partial charge in [-0.15, -0.1) is 0 Å². The highest BCUT2D eigenvalue weighted by Gasteiger charge is 2.58. The maximum atomic E-state index is 12.2. The fraction of sp³-hybridized carbons (Fsp3) is 0.917. The van der Waals surface area contributed by atoms with E-state index in [1.54, 1.807) is 4.90 Å². The van der Waals surface area contributed by atoms with E-state index < -0.39 is 0 Å². The van der Waals surface area contributed by atoms with Crippen molar-refractivity contribution in [3.05, 3.63) is 0 Å². The van der Waals surface area contributed by atoms with Gasteiger partial charge in [-0.05, 0) is 37.8 Å². The van der Waals surface area contributed by atoms with Gasteiger partial charge in [0.15, 0.2) is 0 Å². The molecule has 1 aliphatic carbocycles. The van der Waals surface area contributed by atoms with Crippen molar-refractivity contribution in [1.82, 2.24) is 10.2 Å². The second-order valence-corrected chi connectivity index (χ2v) is 5.14. The average Bonchev–Trinajstić information content (AvgIpc) is 3.03. The Hall–Kier alpha value is -0.650. The van der Waals surface area contributed by atoms with E-state index in [1.807, 2.05) is 0 Å². The molecule has 2 aliphatic rings. The van der Waals surface area contributed by atoms with Crippen molar-refractivity contribution < 1.29 is 15.0 Å². The van der Waals surface area contributed by atoms with Gasteiger partial charge < -0.3 is 20.4 Å².